The van der Waals surface area contributed by atoms with Crippen molar-refractivity contribution < 1.29 is 4.74 Å². The van der Waals surface area contributed by atoms with E-state index in [9.17, 15) is 0 Å². The highest BCUT2D eigenvalue weighted by atomic mass is 16.5. The molecule has 0 spiro atoms. The summed E-state index contributed by atoms with van der Waals surface area (Å²) in [7, 11) is 3.57. The van der Waals surface area contributed by atoms with Gasteiger partial charge in [-0.05, 0) is 74.8 Å². The van der Waals surface area contributed by atoms with E-state index >= 15 is 0 Å². The maximum atomic E-state index is 5.26. The third-order valence-corrected chi connectivity index (χ3v) is 7.04. The van der Waals surface area contributed by atoms with Gasteiger partial charge in [0.2, 0.25) is 0 Å². The highest BCUT2D eigenvalue weighted by Crippen LogP contribution is 2.29. The normalized spacial score (nSPS) is 17.2. The van der Waals surface area contributed by atoms with Gasteiger partial charge in [0.1, 0.15) is 0 Å². The van der Waals surface area contributed by atoms with Gasteiger partial charge in [0.15, 0.2) is 0 Å². The number of aromatic nitrogens is 2. The third-order valence-electron chi connectivity index (χ3n) is 7.04. The van der Waals surface area contributed by atoms with E-state index in [1.54, 1.807) is 14.2 Å². The van der Waals surface area contributed by atoms with Gasteiger partial charge in [-0.2, -0.15) is 0 Å². The minimum atomic E-state index is 0.778. The first-order chi connectivity index (χ1) is 17.1. The first kappa shape index (κ1) is 25.0. The number of rotatable bonds is 9. The molecule has 0 N–H and O–H groups in total. The van der Waals surface area contributed by atoms with E-state index in [4.69, 9.17) is 14.7 Å². The molecule has 2 aliphatic heterocycles. The zero-order valence-electron chi connectivity index (χ0n) is 21.3. The number of fused-ring (bicyclic) bond motifs is 1. The number of hydrogen-bond donors (Lipinski definition) is 0. The monoisotopic (exact) mass is 471 g/mol. The van der Waals surface area contributed by atoms with Gasteiger partial charge in [0, 0.05) is 75.4 Å². The molecule has 0 saturated carbocycles. The lowest BCUT2D eigenvalue weighted by Crippen LogP contribution is -2.34. The summed E-state index contributed by atoms with van der Waals surface area (Å²) in [4.78, 5) is 21.2. The molecule has 4 rings (SSSR count). The van der Waals surface area contributed by atoms with Gasteiger partial charge in [-0.1, -0.05) is 12.7 Å². The number of methoxy groups -OCH3 is 1. The van der Waals surface area contributed by atoms with Gasteiger partial charge < -0.3 is 9.64 Å². The molecule has 2 aromatic rings. The van der Waals surface area contributed by atoms with E-state index in [1.165, 1.54) is 30.7 Å². The summed E-state index contributed by atoms with van der Waals surface area (Å²) in [5, 5.41) is 0. The Bertz CT molecular complexity index is 1130. The summed E-state index contributed by atoms with van der Waals surface area (Å²) >= 11 is 0. The highest BCUT2D eigenvalue weighted by Gasteiger charge is 2.20. The summed E-state index contributed by atoms with van der Waals surface area (Å²) in [6, 6.07) is 8.49. The van der Waals surface area contributed by atoms with Crippen LogP contribution < -0.4 is 4.90 Å². The molecule has 2 aliphatic rings. The van der Waals surface area contributed by atoms with Gasteiger partial charge in [-0.15, -0.1) is 0 Å². The molecule has 0 radical (unpaired) electrons. The Morgan fingerprint density at radius 3 is 2.80 bits per heavy atom. The Hall–Kier alpha value is -3.12. The van der Waals surface area contributed by atoms with Crippen LogP contribution in [0.3, 0.4) is 0 Å². The van der Waals surface area contributed by atoms with Crippen LogP contribution in [-0.2, 0) is 17.6 Å². The van der Waals surface area contributed by atoms with Gasteiger partial charge in [0.05, 0.1) is 17.1 Å². The summed E-state index contributed by atoms with van der Waals surface area (Å²) in [6.07, 6.45) is 11.8. The maximum absolute atomic E-state index is 5.26. The summed E-state index contributed by atoms with van der Waals surface area (Å²) in [5.41, 5.74) is 8.53. The Labute approximate surface area is 209 Å². The molecule has 0 atom stereocenters. The molecule has 6 nitrogen and oxygen atoms in total. The van der Waals surface area contributed by atoms with Crippen molar-refractivity contribution >= 4 is 28.9 Å². The Morgan fingerprint density at radius 1 is 1.23 bits per heavy atom. The molecule has 1 saturated heterocycles. The van der Waals surface area contributed by atoms with Gasteiger partial charge in [-0.3, -0.25) is 20.0 Å². The van der Waals surface area contributed by atoms with Crippen LogP contribution in [0.15, 0.2) is 58.7 Å². The fourth-order valence-corrected chi connectivity index (χ4v) is 4.89. The zero-order chi connectivity index (χ0) is 24.6. The molecule has 1 fully saturated rings. The number of hydrogen-bond acceptors (Lipinski definition) is 6. The van der Waals surface area contributed by atoms with E-state index in [1.807, 2.05) is 31.5 Å². The maximum Gasteiger partial charge on any atom is 0.0845 e. The molecule has 0 aliphatic carbocycles. The fraction of sp³-hybridized carbons (Fsp3) is 0.448. The molecule has 0 bridgehead atoms. The zero-order valence-corrected chi connectivity index (χ0v) is 21.3. The first-order valence-electron chi connectivity index (χ1n) is 12.6. The topological polar surface area (TPSA) is 63.0 Å². The number of piperidine rings is 1. The number of allylic oxidation sites excluding steroid dienone is 3. The first-order valence-corrected chi connectivity index (χ1v) is 12.6. The van der Waals surface area contributed by atoms with Crippen LogP contribution in [0.5, 0.6) is 0 Å². The van der Waals surface area contributed by atoms with Gasteiger partial charge >= 0.3 is 0 Å². The molecule has 4 heterocycles. The predicted octanol–water partition coefficient (Wildman–Crippen LogP) is 5.65. The lowest BCUT2D eigenvalue weighted by Gasteiger charge is -2.33. The van der Waals surface area contributed by atoms with E-state index in [2.05, 4.69) is 39.7 Å². The van der Waals surface area contributed by atoms with Crippen LogP contribution in [-0.4, -0.2) is 55.7 Å². The number of ether oxygens (including phenoxy) is 1. The second-order valence-corrected chi connectivity index (χ2v) is 9.42. The van der Waals surface area contributed by atoms with Crippen LogP contribution in [0.25, 0.3) is 5.57 Å². The van der Waals surface area contributed by atoms with Crippen molar-refractivity contribution in [3.8, 4) is 0 Å². The lowest BCUT2D eigenvalue weighted by molar-refractivity contribution is 0.170. The van der Waals surface area contributed by atoms with Gasteiger partial charge in [-0.25, -0.2) is 0 Å². The van der Waals surface area contributed by atoms with Crippen molar-refractivity contribution in [1.29, 1.82) is 0 Å². The van der Waals surface area contributed by atoms with Crippen molar-refractivity contribution in [2.24, 2.45) is 15.9 Å². The Morgan fingerprint density at radius 2 is 2.06 bits per heavy atom. The molecule has 0 aromatic carbocycles. The largest absolute Gasteiger partial charge is 0.385 e. The molecule has 2 aromatic heterocycles. The van der Waals surface area contributed by atoms with Crippen molar-refractivity contribution in [2.45, 2.75) is 45.4 Å². The minimum absolute atomic E-state index is 0.778. The number of anilines is 1. The average Bonchev–Trinajstić information content (AvgIpc) is 2.90. The number of nitrogens with zero attached hydrogens (tertiary/aromatic N) is 5. The minimum Gasteiger partial charge on any atom is -0.385 e. The quantitative estimate of drug-likeness (QED) is 0.350. The SMILES string of the molecule is C=C/C(C)=C(\C=NC)c1ccc2c(n1)CCC(Cc1cc(N3CCC(CCOC)CC3)ccn1)=N2. The van der Waals surface area contributed by atoms with Crippen LogP contribution in [0, 0.1) is 5.92 Å². The van der Waals surface area contributed by atoms with Crippen molar-refractivity contribution in [3.63, 3.8) is 0 Å². The lowest BCUT2D eigenvalue weighted by atomic mass is 9.93. The molecule has 0 unspecified atom stereocenters. The number of aryl methyl sites for hydroxylation is 1. The molecule has 35 heavy (non-hydrogen) atoms. The van der Waals surface area contributed by atoms with Crippen LogP contribution >= 0.6 is 0 Å². The molecule has 0 amide bonds. The van der Waals surface area contributed by atoms with Crippen molar-refractivity contribution in [2.75, 3.05) is 38.8 Å². The summed E-state index contributed by atoms with van der Waals surface area (Å²) in [6.45, 7) is 9.00. The second-order valence-electron chi connectivity index (χ2n) is 9.42. The van der Waals surface area contributed by atoms with Gasteiger partial charge in [0.25, 0.3) is 0 Å². The number of pyridine rings is 2. The van der Waals surface area contributed by atoms with Crippen molar-refractivity contribution in [1.82, 2.24) is 9.97 Å². The number of aliphatic imine (C=N–C) groups is 2. The molecular formula is C29H37N5O. The smallest absolute Gasteiger partial charge is 0.0845 e. The highest BCUT2D eigenvalue weighted by molar-refractivity contribution is 6.10. The van der Waals surface area contributed by atoms with Crippen LogP contribution in [0.4, 0.5) is 11.4 Å². The Kier molecular flexibility index (Phi) is 8.59. The average molecular weight is 472 g/mol. The Balaban J connectivity index is 1.44. The predicted molar refractivity (Wildman–Crippen MR) is 146 cm³/mol. The van der Waals surface area contributed by atoms with E-state index < -0.39 is 0 Å². The summed E-state index contributed by atoms with van der Waals surface area (Å²) in [5.74, 6) is 0.778. The van der Waals surface area contributed by atoms with E-state index in [0.717, 1.165) is 78.8 Å². The standard InChI is InChI=1S/C29H37N5O/c1-5-21(2)26(20-30-3)27-8-9-28-29(33-27)7-6-23(32-28)18-24-19-25(10-14-31-24)34-15-11-22(12-16-34)13-17-35-4/h5,8-10,14,19-20,22H,1,6-7,11-13,15-18H2,2-4H3/b26-21+,30-20?. The summed E-state index contributed by atoms with van der Waals surface area (Å²) < 4.78 is 5.26. The van der Waals surface area contributed by atoms with E-state index in [0.29, 0.717) is 0 Å². The molecule has 6 heteroatoms. The fourth-order valence-electron chi connectivity index (χ4n) is 4.89. The van der Waals surface area contributed by atoms with Crippen LogP contribution in [0.2, 0.25) is 0 Å². The molecular weight excluding hydrogens is 434 g/mol. The second kappa shape index (κ2) is 12.0. The third kappa shape index (κ3) is 6.31. The van der Waals surface area contributed by atoms with Crippen molar-refractivity contribution in [3.05, 3.63) is 65.8 Å². The van der Waals surface area contributed by atoms with E-state index in [-0.39, 0.29) is 0 Å². The van der Waals surface area contributed by atoms with Crippen LogP contribution in [0.1, 0.15) is 49.7 Å². The molecule has 184 valence electrons.